The number of rotatable bonds is 7. The summed E-state index contributed by atoms with van der Waals surface area (Å²) < 4.78 is 0. The molecule has 0 saturated heterocycles. The Labute approximate surface area is 126 Å². The number of hydrogen-bond donors (Lipinski definition) is 1. The summed E-state index contributed by atoms with van der Waals surface area (Å²) in [6, 6.07) is 8.38. The van der Waals surface area contributed by atoms with Crippen molar-refractivity contribution in [3.63, 3.8) is 0 Å². The quantitative estimate of drug-likeness (QED) is 0.782. The monoisotopic (exact) mass is 294 g/mol. The van der Waals surface area contributed by atoms with E-state index in [1.807, 2.05) is 31.3 Å². The number of carbonyl (C=O) groups is 1. The van der Waals surface area contributed by atoms with E-state index >= 15 is 0 Å². The van der Waals surface area contributed by atoms with Crippen molar-refractivity contribution >= 4 is 17.5 Å². The van der Waals surface area contributed by atoms with Gasteiger partial charge in [-0.2, -0.15) is 0 Å². The van der Waals surface area contributed by atoms with Crippen LogP contribution in [0.1, 0.15) is 44.2 Å². The zero-order valence-corrected chi connectivity index (χ0v) is 13.0. The van der Waals surface area contributed by atoms with Gasteiger partial charge in [0.05, 0.1) is 6.04 Å². The molecule has 1 fully saturated rings. The molecule has 0 bridgehead atoms. The zero-order valence-electron chi connectivity index (χ0n) is 12.2. The maximum absolute atomic E-state index is 12.5. The summed E-state index contributed by atoms with van der Waals surface area (Å²) in [5.41, 5.74) is 1.16. The van der Waals surface area contributed by atoms with Gasteiger partial charge < -0.3 is 10.2 Å². The van der Waals surface area contributed by atoms with E-state index in [1.165, 1.54) is 0 Å². The highest BCUT2D eigenvalue weighted by molar-refractivity contribution is 6.30. The molecule has 1 amide bonds. The van der Waals surface area contributed by atoms with E-state index in [2.05, 4.69) is 17.1 Å². The molecule has 4 heteroatoms. The second-order valence-corrected chi connectivity index (χ2v) is 5.90. The van der Waals surface area contributed by atoms with Crippen LogP contribution in [0.3, 0.4) is 0 Å². The molecule has 1 saturated carbocycles. The fourth-order valence-corrected chi connectivity index (χ4v) is 2.66. The molecule has 0 aromatic heterocycles. The van der Waals surface area contributed by atoms with Crippen molar-refractivity contribution in [1.82, 2.24) is 10.2 Å². The van der Waals surface area contributed by atoms with E-state index in [0.717, 1.165) is 36.4 Å². The molecule has 1 aliphatic carbocycles. The lowest BCUT2D eigenvalue weighted by atomic mass is 10.1. The summed E-state index contributed by atoms with van der Waals surface area (Å²) in [4.78, 5) is 14.5. The standard InChI is InChI=1S/C16H23ClN2O/c1-12(13-5-7-14(17)8-6-13)19(15-9-10-15)16(20)4-3-11-18-2/h5-8,12,15,18H,3-4,9-11H2,1-2H3. The van der Waals surface area contributed by atoms with Gasteiger partial charge in [0.2, 0.25) is 5.91 Å². The largest absolute Gasteiger partial charge is 0.333 e. The van der Waals surface area contributed by atoms with Gasteiger partial charge in [0.1, 0.15) is 0 Å². The Hall–Kier alpha value is -1.06. The van der Waals surface area contributed by atoms with Crippen LogP contribution in [0.15, 0.2) is 24.3 Å². The van der Waals surface area contributed by atoms with E-state index in [1.54, 1.807) is 0 Å². The number of benzene rings is 1. The average Bonchev–Trinajstić information content (AvgIpc) is 3.24. The van der Waals surface area contributed by atoms with Gasteiger partial charge >= 0.3 is 0 Å². The Kier molecular flexibility index (Phi) is 5.44. The van der Waals surface area contributed by atoms with Gasteiger partial charge in [0.15, 0.2) is 0 Å². The zero-order chi connectivity index (χ0) is 14.5. The number of hydrogen-bond acceptors (Lipinski definition) is 2. The van der Waals surface area contributed by atoms with Crippen LogP contribution in [0.5, 0.6) is 0 Å². The van der Waals surface area contributed by atoms with Crippen molar-refractivity contribution < 1.29 is 4.79 Å². The van der Waals surface area contributed by atoms with E-state index in [9.17, 15) is 4.79 Å². The van der Waals surface area contributed by atoms with Gasteiger partial charge in [-0.15, -0.1) is 0 Å². The molecule has 1 aromatic carbocycles. The second-order valence-electron chi connectivity index (χ2n) is 5.47. The summed E-state index contributed by atoms with van der Waals surface area (Å²) in [5.74, 6) is 0.269. The van der Waals surface area contributed by atoms with Crippen LogP contribution in [0.4, 0.5) is 0 Å². The Morgan fingerprint density at radius 3 is 2.60 bits per heavy atom. The first-order valence-corrected chi connectivity index (χ1v) is 7.72. The molecular formula is C16H23ClN2O. The topological polar surface area (TPSA) is 32.3 Å². The SMILES string of the molecule is CNCCCC(=O)N(C1CC1)C(C)c1ccc(Cl)cc1. The summed E-state index contributed by atoms with van der Waals surface area (Å²) in [5, 5.41) is 3.82. The molecule has 1 aromatic rings. The molecule has 1 unspecified atom stereocenters. The predicted octanol–water partition coefficient (Wildman–Crippen LogP) is 3.39. The molecule has 1 N–H and O–H groups in total. The van der Waals surface area contributed by atoms with Gasteiger partial charge in [0, 0.05) is 17.5 Å². The first-order chi connectivity index (χ1) is 9.63. The van der Waals surface area contributed by atoms with Crippen LogP contribution >= 0.6 is 11.6 Å². The third kappa shape index (κ3) is 3.97. The van der Waals surface area contributed by atoms with Crippen LogP contribution in [0, 0.1) is 0 Å². The number of nitrogens with one attached hydrogen (secondary N) is 1. The molecule has 110 valence electrons. The molecule has 1 aliphatic rings. The molecule has 0 radical (unpaired) electrons. The van der Waals surface area contributed by atoms with Crippen molar-refractivity contribution in [3.05, 3.63) is 34.9 Å². The lowest BCUT2D eigenvalue weighted by Gasteiger charge is -2.30. The van der Waals surface area contributed by atoms with Crippen molar-refractivity contribution in [2.24, 2.45) is 0 Å². The molecular weight excluding hydrogens is 272 g/mol. The summed E-state index contributed by atoms with van der Waals surface area (Å²) >= 11 is 5.93. The predicted molar refractivity (Wildman–Crippen MR) is 82.9 cm³/mol. The van der Waals surface area contributed by atoms with Gasteiger partial charge in [-0.3, -0.25) is 4.79 Å². The van der Waals surface area contributed by atoms with Crippen molar-refractivity contribution in [2.45, 2.75) is 44.7 Å². The van der Waals surface area contributed by atoms with Gasteiger partial charge in [-0.1, -0.05) is 23.7 Å². The summed E-state index contributed by atoms with van der Waals surface area (Å²) in [6.07, 6.45) is 3.78. The minimum Gasteiger partial charge on any atom is -0.333 e. The lowest BCUT2D eigenvalue weighted by molar-refractivity contribution is -0.134. The molecule has 2 rings (SSSR count). The normalized spacial score (nSPS) is 15.9. The molecule has 1 atom stereocenters. The lowest BCUT2D eigenvalue weighted by Crippen LogP contribution is -2.35. The number of nitrogens with zero attached hydrogens (tertiary/aromatic N) is 1. The van der Waals surface area contributed by atoms with Gasteiger partial charge in [-0.25, -0.2) is 0 Å². The molecule has 3 nitrogen and oxygen atoms in total. The number of amides is 1. The van der Waals surface area contributed by atoms with Crippen LogP contribution < -0.4 is 5.32 Å². The smallest absolute Gasteiger partial charge is 0.223 e. The van der Waals surface area contributed by atoms with Crippen molar-refractivity contribution in [3.8, 4) is 0 Å². The summed E-state index contributed by atoms with van der Waals surface area (Å²) in [7, 11) is 1.92. The minimum atomic E-state index is 0.127. The fraction of sp³-hybridized carbons (Fsp3) is 0.562. The molecule has 0 heterocycles. The van der Waals surface area contributed by atoms with Crippen LogP contribution in [-0.4, -0.2) is 30.4 Å². The average molecular weight is 295 g/mol. The van der Waals surface area contributed by atoms with Crippen molar-refractivity contribution in [1.29, 1.82) is 0 Å². The van der Waals surface area contributed by atoms with E-state index in [4.69, 9.17) is 11.6 Å². The highest BCUT2D eigenvalue weighted by Crippen LogP contribution is 2.35. The van der Waals surface area contributed by atoms with E-state index in [-0.39, 0.29) is 11.9 Å². The Morgan fingerprint density at radius 1 is 1.40 bits per heavy atom. The van der Waals surface area contributed by atoms with E-state index in [0.29, 0.717) is 12.5 Å². The maximum Gasteiger partial charge on any atom is 0.223 e. The Morgan fingerprint density at radius 2 is 2.05 bits per heavy atom. The molecule has 20 heavy (non-hydrogen) atoms. The highest BCUT2D eigenvalue weighted by atomic mass is 35.5. The Bertz CT molecular complexity index is 442. The highest BCUT2D eigenvalue weighted by Gasteiger charge is 2.35. The third-order valence-corrected chi connectivity index (χ3v) is 4.07. The molecule has 0 aliphatic heterocycles. The van der Waals surface area contributed by atoms with Crippen LogP contribution in [-0.2, 0) is 4.79 Å². The van der Waals surface area contributed by atoms with Crippen molar-refractivity contribution in [2.75, 3.05) is 13.6 Å². The van der Waals surface area contributed by atoms with Gasteiger partial charge in [0.25, 0.3) is 0 Å². The van der Waals surface area contributed by atoms with Crippen LogP contribution in [0.25, 0.3) is 0 Å². The Balaban J connectivity index is 2.03. The molecule has 0 spiro atoms. The first-order valence-electron chi connectivity index (χ1n) is 7.34. The summed E-state index contributed by atoms with van der Waals surface area (Å²) in [6.45, 7) is 3.00. The minimum absolute atomic E-state index is 0.127. The fourth-order valence-electron chi connectivity index (χ4n) is 2.54. The number of carbonyl (C=O) groups excluding carboxylic acids is 1. The number of halogens is 1. The maximum atomic E-state index is 12.5. The third-order valence-electron chi connectivity index (χ3n) is 3.82. The van der Waals surface area contributed by atoms with Crippen LogP contribution in [0.2, 0.25) is 5.02 Å². The van der Waals surface area contributed by atoms with Gasteiger partial charge in [-0.05, 0) is 57.5 Å². The second kappa shape index (κ2) is 7.09. The van der Waals surface area contributed by atoms with E-state index < -0.39 is 0 Å². The first kappa shape index (κ1) is 15.3.